The number of ether oxygens (including phenoxy) is 1. The smallest absolute Gasteiger partial charge is 0.315 e. The van der Waals surface area contributed by atoms with Crippen molar-refractivity contribution in [1.82, 2.24) is 10.6 Å². The van der Waals surface area contributed by atoms with E-state index in [-0.39, 0.29) is 12.1 Å². The molecule has 0 bridgehead atoms. The molecule has 120 valence electrons. The van der Waals surface area contributed by atoms with Gasteiger partial charge in [0.1, 0.15) is 12.4 Å². The van der Waals surface area contributed by atoms with E-state index in [9.17, 15) is 4.79 Å². The van der Waals surface area contributed by atoms with Gasteiger partial charge < -0.3 is 15.4 Å². The molecule has 23 heavy (non-hydrogen) atoms. The molecule has 3 rings (SSSR count). The normalized spacial score (nSPS) is 16.1. The molecule has 2 amide bonds. The zero-order valence-corrected chi connectivity index (χ0v) is 13.3. The molecule has 2 aromatic carbocycles. The van der Waals surface area contributed by atoms with Gasteiger partial charge in [0.15, 0.2) is 0 Å². The Kier molecular flexibility index (Phi) is 4.81. The fraction of sp³-hybridized carbons (Fsp3) is 0.316. The van der Waals surface area contributed by atoms with E-state index < -0.39 is 0 Å². The standard InChI is InChI=1S/C19H22N2O2/c1-14-6-2-3-7-15(14)10-11-20-19(22)21-17-12-16-8-4-5-9-18(16)23-13-17/h2-9,17H,10-13H2,1H3,(H2,20,21,22)/t17-/m0/s1. The highest BCUT2D eigenvalue weighted by molar-refractivity contribution is 5.74. The predicted molar refractivity (Wildman–Crippen MR) is 90.8 cm³/mol. The van der Waals surface area contributed by atoms with Crippen molar-refractivity contribution in [2.75, 3.05) is 13.2 Å². The molecule has 2 aromatic rings. The van der Waals surface area contributed by atoms with Gasteiger partial charge in [0.25, 0.3) is 0 Å². The lowest BCUT2D eigenvalue weighted by Gasteiger charge is -2.26. The Labute approximate surface area is 136 Å². The number of fused-ring (bicyclic) bond motifs is 1. The molecule has 4 nitrogen and oxygen atoms in total. The van der Waals surface area contributed by atoms with Gasteiger partial charge in [-0.15, -0.1) is 0 Å². The third-order valence-electron chi connectivity index (χ3n) is 4.16. The third kappa shape index (κ3) is 4.03. The van der Waals surface area contributed by atoms with Crippen molar-refractivity contribution in [3.63, 3.8) is 0 Å². The molecule has 0 unspecified atom stereocenters. The van der Waals surface area contributed by atoms with Crippen LogP contribution in [0.15, 0.2) is 48.5 Å². The van der Waals surface area contributed by atoms with Crippen LogP contribution in [-0.2, 0) is 12.8 Å². The highest BCUT2D eigenvalue weighted by Crippen LogP contribution is 2.23. The topological polar surface area (TPSA) is 50.4 Å². The van der Waals surface area contributed by atoms with Crippen molar-refractivity contribution < 1.29 is 9.53 Å². The molecule has 4 heteroatoms. The maximum Gasteiger partial charge on any atom is 0.315 e. The molecule has 0 aromatic heterocycles. The second-order valence-electron chi connectivity index (χ2n) is 5.90. The van der Waals surface area contributed by atoms with Crippen LogP contribution >= 0.6 is 0 Å². The number of hydrogen-bond donors (Lipinski definition) is 2. The maximum absolute atomic E-state index is 12.0. The largest absolute Gasteiger partial charge is 0.491 e. The van der Waals surface area contributed by atoms with E-state index in [1.165, 1.54) is 11.1 Å². The molecule has 0 fully saturated rings. The molecular weight excluding hydrogens is 288 g/mol. The summed E-state index contributed by atoms with van der Waals surface area (Å²) in [7, 11) is 0. The van der Waals surface area contributed by atoms with Gasteiger partial charge in [-0.25, -0.2) is 4.79 Å². The minimum Gasteiger partial charge on any atom is -0.491 e. The lowest BCUT2D eigenvalue weighted by Crippen LogP contribution is -2.47. The van der Waals surface area contributed by atoms with Gasteiger partial charge in [0.05, 0.1) is 6.04 Å². The summed E-state index contributed by atoms with van der Waals surface area (Å²) < 4.78 is 5.68. The summed E-state index contributed by atoms with van der Waals surface area (Å²) in [6, 6.07) is 16.1. The van der Waals surface area contributed by atoms with Crippen LogP contribution in [-0.4, -0.2) is 25.2 Å². The molecule has 1 aliphatic heterocycles. The summed E-state index contributed by atoms with van der Waals surface area (Å²) in [5, 5.41) is 5.91. The van der Waals surface area contributed by atoms with Gasteiger partial charge >= 0.3 is 6.03 Å². The average Bonchev–Trinajstić information content (AvgIpc) is 2.56. The number of carbonyl (C=O) groups excluding carboxylic acids is 1. The van der Waals surface area contributed by atoms with Gasteiger partial charge in [-0.2, -0.15) is 0 Å². The first kappa shape index (κ1) is 15.4. The first-order chi connectivity index (χ1) is 11.2. The Morgan fingerprint density at radius 1 is 1.17 bits per heavy atom. The molecule has 1 heterocycles. The van der Waals surface area contributed by atoms with Gasteiger partial charge in [-0.3, -0.25) is 0 Å². The number of amides is 2. The molecule has 2 N–H and O–H groups in total. The highest BCUT2D eigenvalue weighted by Gasteiger charge is 2.20. The van der Waals surface area contributed by atoms with Crippen molar-refractivity contribution in [2.24, 2.45) is 0 Å². The first-order valence-corrected chi connectivity index (χ1v) is 8.02. The van der Waals surface area contributed by atoms with Crippen molar-refractivity contribution in [3.8, 4) is 5.75 Å². The fourth-order valence-corrected chi connectivity index (χ4v) is 2.86. The maximum atomic E-state index is 12.0. The molecule has 0 radical (unpaired) electrons. The number of rotatable bonds is 4. The van der Waals surface area contributed by atoms with Crippen molar-refractivity contribution >= 4 is 6.03 Å². The predicted octanol–water partition coefficient (Wildman–Crippen LogP) is 2.84. The molecule has 0 saturated carbocycles. The SMILES string of the molecule is Cc1ccccc1CCNC(=O)N[C@@H]1COc2ccccc2C1. The number of aryl methyl sites for hydroxylation is 1. The molecule has 0 saturated heterocycles. The number of carbonyl (C=O) groups is 1. The lowest BCUT2D eigenvalue weighted by atomic mass is 10.0. The van der Waals surface area contributed by atoms with Crippen LogP contribution < -0.4 is 15.4 Å². The summed E-state index contributed by atoms with van der Waals surface area (Å²) in [5.41, 5.74) is 3.67. The number of hydrogen-bond acceptors (Lipinski definition) is 2. The van der Waals surface area contributed by atoms with Crippen LogP contribution in [0.3, 0.4) is 0 Å². The van der Waals surface area contributed by atoms with Gasteiger partial charge in [-0.1, -0.05) is 42.5 Å². The van der Waals surface area contributed by atoms with Crippen LogP contribution in [0.2, 0.25) is 0 Å². The molecule has 1 atom stereocenters. The van der Waals surface area contributed by atoms with Gasteiger partial charge in [0.2, 0.25) is 0 Å². The molecule has 0 aliphatic carbocycles. The third-order valence-corrected chi connectivity index (χ3v) is 4.16. The van der Waals surface area contributed by atoms with Crippen LogP contribution in [0.5, 0.6) is 5.75 Å². The van der Waals surface area contributed by atoms with E-state index in [1.807, 2.05) is 36.4 Å². The number of nitrogens with one attached hydrogen (secondary N) is 2. The van der Waals surface area contributed by atoms with E-state index in [0.717, 1.165) is 24.2 Å². The minimum absolute atomic E-state index is 0.0170. The average molecular weight is 310 g/mol. The summed E-state index contributed by atoms with van der Waals surface area (Å²) in [6.45, 7) is 3.23. The summed E-state index contributed by atoms with van der Waals surface area (Å²) >= 11 is 0. The van der Waals surface area contributed by atoms with E-state index in [2.05, 4.69) is 29.7 Å². The van der Waals surface area contributed by atoms with Gasteiger partial charge in [-0.05, 0) is 42.5 Å². The van der Waals surface area contributed by atoms with Crippen LogP contribution in [0, 0.1) is 6.92 Å². The Hall–Kier alpha value is -2.49. The molecule has 0 spiro atoms. The monoisotopic (exact) mass is 310 g/mol. The molecule has 1 aliphatic rings. The second kappa shape index (κ2) is 7.18. The Bertz CT molecular complexity index is 685. The summed E-state index contributed by atoms with van der Waals surface area (Å²) in [6.07, 6.45) is 1.64. The Balaban J connectivity index is 1.44. The van der Waals surface area contributed by atoms with E-state index in [4.69, 9.17) is 4.74 Å². The van der Waals surface area contributed by atoms with E-state index in [1.54, 1.807) is 0 Å². The van der Waals surface area contributed by atoms with Crippen molar-refractivity contribution in [1.29, 1.82) is 0 Å². The van der Waals surface area contributed by atoms with Gasteiger partial charge in [0, 0.05) is 6.54 Å². The lowest BCUT2D eigenvalue weighted by molar-refractivity contribution is 0.214. The van der Waals surface area contributed by atoms with Crippen LogP contribution in [0.25, 0.3) is 0 Å². The minimum atomic E-state index is -0.133. The quantitative estimate of drug-likeness (QED) is 0.912. The first-order valence-electron chi connectivity index (χ1n) is 8.02. The van der Waals surface area contributed by atoms with E-state index >= 15 is 0 Å². The highest BCUT2D eigenvalue weighted by atomic mass is 16.5. The Morgan fingerprint density at radius 3 is 2.83 bits per heavy atom. The number of urea groups is 1. The van der Waals surface area contributed by atoms with Crippen LogP contribution in [0.4, 0.5) is 4.79 Å². The zero-order valence-electron chi connectivity index (χ0n) is 13.3. The summed E-state index contributed by atoms with van der Waals surface area (Å²) in [5.74, 6) is 0.922. The fourth-order valence-electron chi connectivity index (χ4n) is 2.86. The van der Waals surface area contributed by atoms with Crippen molar-refractivity contribution in [3.05, 3.63) is 65.2 Å². The molecular formula is C19H22N2O2. The Morgan fingerprint density at radius 2 is 1.96 bits per heavy atom. The zero-order chi connectivity index (χ0) is 16.1. The number of para-hydroxylation sites is 1. The second-order valence-corrected chi connectivity index (χ2v) is 5.90. The van der Waals surface area contributed by atoms with Crippen LogP contribution in [0.1, 0.15) is 16.7 Å². The number of benzene rings is 2. The van der Waals surface area contributed by atoms with Crippen molar-refractivity contribution in [2.45, 2.75) is 25.8 Å². The summed E-state index contributed by atoms with van der Waals surface area (Å²) in [4.78, 5) is 12.0. The van der Waals surface area contributed by atoms with E-state index in [0.29, 0.717) is 13.2 Å².